The van der Waals surface area contributed by atoms with Crippen LogP contribution < -0.4 is 10.6 Å². The van der Waals surface area contributed by atoms with E-state index in [0.717, 1.165) is 30.5 Å². The first-order chi connectivity index (χ1) is 9.20. The van der Waals surface area contributed by atoms with Crippen LogP contribution in [0, 0.1) is 0 Å². The topological polar surface area (TPSA) is 42.2 Å². The highest BCUT2D eigenvalue weighted by atomic mass is 15.1. The van der Waals surface area contributed by atoms with Crippen LogP contribution >= 0.6 is 0 Å². The molecule has 0 aliphatic carbocycles. The number of hydrogen-bond acceptors (Lipinski definition) is 3. The highest BCUT2D eigenvalue weighted by Crippen LogP contribution is 2.37. The summed E-state index contributed by atoms with van der Waals surface area (Å²) in [6, 6.07) is 8.69. The van der Waals surface area contributed by atoms with Crippen molar-refractivity contribution in [3.63, 3.8) is 0 Å². The molecule has 0 saturated carbocycles. The van der Waals surface area contributed by atoms with Gasteiger partial charge in [0, 0.05) is 36.6 Å². The Kier molecular flexibility index (Phi) is 2.90. The SMILES string of the molecule is CCc1cc(-c2cccc3c2N(C)CC3)cnc1N. The van der Waals surface area contributed by atoms with E-state index in [1.54, 1.807) is 0 Å². The number of benzene rings is 1. The van der Waals surface area contributed by atoms with Crippen LogP contribution in [-0.2, 0) is 12.8 Å². The summed E-state index contributed by atoms with van der Waals surface area (Å²) < 4.78 is 0. The fourth-order valence-electron chi connectivity index (χ4n) is 2.83. The van der Waals surface area contributed by atoms with Crippen LogP contribution in [0.5, 0.6) is 0 Å². The Labute approximate surface area is 114 Å². The van der Waals surface area contributed by atoms with E-state index >= 15 is 0 Å². The number of rotatable bonds is 2. The van der Waals surface area contributed by atoms with Gasteiger partial charge in [-0.25, -0.2) is 4.98 Å². The molecular weight excluding hydrogens is 234 g/mol. The molecule has 1 aromatic heterocycles. The Balaban J connectivity index is 2.16. The number of nitrogens with zero attached hydrogens (tertiary/aromatic N) is 2. The number of pyridine rings is 1. The molecular formula is C16H19N3. The molecule has 2 aromatic rings. The minimum absolute atomic E-state index is 0.646. The summed E-state index contributed by atoms with van der Waals surface area (Å²) in [5.74, 6) is 0.646. The van der Waals surface area contributed by atoms with Crippen molar-refractivity contribution in [3.8, 4) is 11.1 Å². The van der Waals surface area contributed by atoms with Crippen molar-refractivity contribution in [3.05, 3.63) is 41.6 Å². The molecule has 0 radical (unpaired) electrons. The second-order valence-corrected chi connectivity index (χ2v) is 5.11. The first-order valence-corrected chi connectivity index (χ1v) is 6.78. The average Bonchev–Trinajstić information content (AvgIpc) is 2.81. The molecule has 0 atom stereocenters. The van der Waals surface area contributed by atoms with Gasteiger partial charge < -0.3 is 10.6 Å². The highest BCUT2D eigenvalue weighted by Gasteiger charge is 2.20. The quantitative estimate of drug-likeness (QED) is 0.894. The van der Waals surface area contributed by atoms with Gasteiger partial charge in [-0.15, -0.1) is 0 Å². The standard InChI is InChI=1S/C16H19N3/c1-3-11-9-13(10-18-16(11)17)14-6-4-5-12-7-8-19(2)15(12)14/h4-6,9-10H,3,7-8H2,1-2H3,(H2,17,18). The van der Waals surface area contributed by atoms with Gasteiger partial charge in [0.25, 0.3) is 0 Å². The third-order valence-corrected chi connectivity index (χ3v) is 3.91. The number of para-hydroxylation sites is 1. The molecule has 1 aliphatic heterocycles. The lowest BCUT2D eigenvalue weighted by Crippen LogP contribution is -2.13. The van der Waals surface area contributed by atoms with E-state index in [1.165, 1.54) is 16.8 Å². The molecule has 0 spiro atoms. The molecule has 0 bridgehead atoms. The summed E-state index contributed by atoms with van der Waals surface area (Å²) in [6.45, 7) is 3.20. The van der Waals surface area contributed by atoms with E-state index in [4.69, 9.17) is 5.73 Å². The molecule has 2 N–H and O–H groups in total. The summed E-state index contributed by atoms with van der Waals surface area (Å²) in [5, 5.41) is 0. The molecule has 3 rings (SSSR count). The van der Waals surface area contributed by atoms with Crippen LogP contribution in [0.15, 0.2) is 30.5 Å². The van der Waals surface area contributed by atoms with Crippen molar-refractivity contribution < 1.29 is 0 Å². The lowest BCUT2D eigenvalue weighted by atomic mass is 10.00. The zero-order valence-electron chi connectivity index (χ0n) is 11.5. The smallest absolute Gasteiger partial charge is 0.126 e. The molecule has 3 nitrogen and oxygen atoms in total. The Morgan fingerprint density at radius 1 is 1.37 bits per heavy atom. The van der Waals surface area contributed by atoms with E-state index in [-0.39, 0.29) is 0 Å². The normalized spacial score (nSPS) is 13.7. The van der Waals surface area contributed by atoms with Crippen LogP contribution in [0.3, 0.4) is 0 Å². The Morgan fingerprint density at radius 2 is 2.21 bits per heavy atom. The summed E-state index contributed by atoms with van der Waals surface area (Å²) in [6.07, 6.45) is 3.93. The summed E-state index contributed by atoms with van der Waals surface area (Å²) >= 11 is 0. The van der Waals surface area contributed by atoms with Crippen LogP contribution in [0.1, 0.15) is 18.1 Å². The van der Waals surface area contributed by atoms with Gasteiger partial charge >= 0.3 is 0 Å². The second-order valence-electron chi connectivity index (χ2n) is 5.11. The molecule has 0 saturated heterocycles. The van der Waals surface area contributed by atoms with Crippen molar-refractivity contribution in [2.75, 3.05) is 24.2 Å². The van der Waals surface area contributed by atoms with Gasteiger partial charge in [-0.05, 0) is 30.0 Å². The van der Waals surface area contributed by atoms with Crippen molar-refractivity contribution in [1.82, 2.24) is 4.98 Å². The Hall–Kier alpha value is -2.03. The van der Waals surface area contributed by atoms with Crippen molar-refractivity contribution in [2.24, 2.45) is 0 Å². The predicted octanol–water partition coefficient (Wildman–Crippen LogP) is 2.89. The van der Waals surface area contributed by atoms with Crippen LogP contribution in [0.2, 0.25) is 0 Å². The largest absolute Gasteiger partial charge is 0.383 e. The Bertz CT molecular complexity index is 619. The first-order valence-electron chi connectivity index (χ1n) is 6.78. The lowest BCUT2D eigenvalue weighted by molar-refractivity contribution is 0.956. The highest BCUT2D eigenvalue weighted by molar-refractivity contribution is 5.82. The van der Waals surface area contributed by atoms with Gasteiger partial charge in [0.2, 0.25) is 0 Å². The molecule has 0 fully saturated rings. The molecule has 0 unspecified atom stereocenters. The maximum absolute atomic E-state index is 5.90. The summed E-state index contributed by atoms with van der Waals surface area (Å²) in [7, 11) is 2.15. The van der Waals surface area contributed by atoms with Crippen LogP contribution in [0.25, 0.3) is 11.1 Å². The number of aryl methyl sites for hydroxylation is 1. The van der Waals surface area contributed by atoms with E-state index in [0.29, 0.717) is 5.82 Å². The third kappa shape index (κ3) is 1.95. The number of fused-ring (bicyclic) bond motifs is 1. The third-order valence-electron chi connectivity index (χ3n) is 3.91. The maximum atomic E-state index is 5.90. The lowest BCUT2D eigenvalue weighted by Gasteiger charge is -2.17. The zero-order chi connectivity index (χ0) is 13.4. The van der Waals surface area contributed by atoms with Crippen LogP contribution in [0.4, 0.5) is 11.5 Å². The maximum Gasteiger partial charge on any atom is 0.126 e. The molecule has 1 aromatic carbocycles. The monoisotopic (exact) mass is 253 g/mol. The number of nitrogen functional groups attached to an aromatic ring is 1. The fourth-order valence-corrected chi connectivity index (χ4v) is 2.83. The fraction of sp³-hybridized carbons (Fsp3) is 0.312. The van der Waals surface area contributed by atoms with E-state index in [1.807, 2.05) is 6.20 Å². The molecule has 98 valence electrons. The van der Waals surface area contributed by atoms with Gasteiger partial charge in [0.1, 0.15) is 5.82 Å². The Morgan fingerprint density at radius 3 is 3.00 bits per heavy atom. The summed E-state index contributed by atoms with van der Waals surface area (Å²) in [5.41, 5.74) is 12.2. The minimum atomic E-state index is 0.646. The number of hydrogen-bond donors (Lipinski definition) is 1. The van der Waals surface area contributed by atoms with E-state index in [2.05, 4.69) is 48.1 Å². The molecule has 3 heteroatoms. The first kappa shape index (κ1) is 12.0. The van der Waals surface area contributed by atoms with Gasteiger partial charge in [-0.3, -0.25) is 0 Å². The number of aromatic nitrogens is 1. The van der Waals surface area contributed by atoms with E-state index in [9.17, 15) is 0 Å². The van der Waals surface area contributed by atoms with Crippen molar-refractivity contribution in [1.29, 1.82) is 0 Å². The van der Waals surface area contributed by atoms with Gasteiger partial charge in [0.05, 0.1) is 0 Å². The molecule has 1 aliphatic rings. The number of anilines is 2. The minimum Gasteiger partial charge on any atom is -0.383 e. The van der Waals surface area contributed by atoms with E-state index < -0.39 is 0 Å². The van der Waals surface area contributed by atoms with Crippen LogP contribution in [-0.4, -0.2) is 18.6 Å². The predicted molar refractivity (Wildman–Crippen MR) is 80.4 cm³/mol. The molecule has 0 amide bonds. The summed E-state index contributed by atoms with van der Waals surface area (Å²) in [4.78, 5) is 6.66. The second kappa shape index (κ2) is 4.57. The van der Waals surface area contributed by atoms with Gasteiger partial charge in [-0.2, -0.15) is 0 Å². The zero-order valence-corrected chi connectivity index (χ0v) is 11.5. The average molecular weight is 253 g/mol. The van der Waals surface area contributed by atoms with Crippen molar-refractivity contribution >= 4 is 11.5 Å². The molecule has 2 heterocycles. The number of nitrogens with two attached hydrogens (primary N) is 1. The van der Waals surface area contributed by atoms with Crippen molar-refractivity contribution in [2.45, 2.75) is 19.8 Å². The molecule has 19 heavy (non-hydrogen) atoms. The number of likely N-dealkylation sites (N-methyl/N-ethyl adjacent to an activating group) is 1. The van der Waals surface area contributed by atoms with Gasteiger partial charge in [-0.1, -0.05) is 25.1 Å². The van der Waals surface area contributed by atoms with Gasteiger partial charge in [0.15, 0.2) is 0 Å².